The molecule has 0 aliphatic carbocycles. The summed E-state index contributed by atoms with van der Waals surface area (Å²) in [5, 5.41) is 0.871. The van der Waals surface area contributed by atoms with E-state index < -0.39 is 0 Å². The SMILES string of the molecule is Nc1nc(Br)c2cccnc2c1-c1ccc(F)cc1. The minimum atomic E-state index is -0.287. The Balaban J connectivity index is 2.37. The van der Waals surface area contributed by atoms with Crippen LogP contribution in [0, 0.1) is 5.82 Å². The Morgan fingerprint density at radius 3 is 2.58 bits per heavy atom. The molecular weight excluding hydrogens is 309 g/mol. The minimum Gasteiger partial charge on any atom is -0.383 e. The lowest BCUT2D eigenvalue weighted by atomic mass is 10.0. The van der Waals surface area contributed by atoms with Crippen LogP contribution < -0.4 is 5.73 Å². The fourth-order valence-corrected chi connectivity index (χ4v) is 2.53. The molecule has 3 aromatic rings. The fraction of sp³-hybridized carbons (Fsp3) is 0. The summed E-state index contributed by atoms with van der Waals surface area (Å²) < 4.78 is 13.7. The highest BCUT2D eigenvalue weighted by Gasteiger charge is 2.13. The summed E-state index contributed by atoms with van der Waals surface area (Å²) >= 11 is 3.37. The van der Waals surface area contributed by atoms with Crippen molar-refractivity contribution in [2.45, 2.75) is 0 Å². The van der Waals surface area contributed by atoms with Gasteiger partial charge >= 0.3 is 0 Å². The Morgan fingerprint density at radius 1 is 1.11 bits per heavy atom. The van der Waals surface area contributed by atoms with Gasteiger partial charge in [0.2, 0.25) is 0 Å². The van der Waals surface area contributed by atoms with Crippen LogP contribution in [0.25, 0.3) is 22.0 Å². The average molecular weight is 318 g/mol. The molecule has 0 aliphatic heterocycles. The summed E-state index contributed by atoms with van der Waals surface area (Å²) in [4.78, 5) is 8.62. The van der Waals surface area contributed by atoms with Crippen molar-refractivity contribution in [1.29, 1.82) is 0 Å². The van der Waals surface area contributed by atoms with Crippen molar-refractivity contribution in [3.8, 4) is 11.1 Å². The number of anilines is 1. The molecule has 0 amide bonds. The zero-order valence-corrected chi connectivity index (χ0v) is 11.4. The zero-order valence-electron chi connectivity index (χ0n) is 9.77. The number of benzene rings is 1. The van der Waals surface area contributed by atoms with Crippen molar-refractivity contribution in [2.75, 3.05) is 5.73 Å². The number of halogens is 2. The molecule has 0 atom stereocenters. The third kappa shape index (κ3) is 2.06. The second-order valence-corrected chi connectivity index (χ2v) is 4.82. The van der Waals surface area contributed by atoms with Crippen LogP contribution in [0.3, 0.4) is 0 Å². The quantitative estimate of drug-likeness (QED) is 0.695. The number of hydrogen-bond acceptors (Lipinski definition) is 3. The second kappa shape index (κ2) is 4.59. The van der Waals surface area contributed by atoms with Crippen LogP contribution in [0.4, 0.5) is 10.2 Å². The number of pyridine rings is 2. The fourth-order valence-electron chi connectivity index (χ4n) is 2.02. The van der Waals surface area contributed by atoms with E-state index in [1.165, 1.54) is 12.1 Å². The van der Waals surface area contributed by atoms with Gasteiger partial charge in [0.25, 0.3) is 0 Å². The van der Waals surface area contributed by atoms with E-state index in [1.807, 2.05) is 12.1 Å². The van der Waals surface area contributed by atoms with Gasteiger partial charge in [0.1, 0.15) is 16.2 Å². The lowest BCUT2D eigenvalue weighted by molar-refractivity contribution is 0.628. The number of nitrogen functional groups attached to an aromatic ring is 1. The number of fused-ring (bicyclic) bond motifs is 1. The normalized spacial score (nSPS) is 10.8. The van der Waals surface area contributed by atoms with Gasteiger partial charge in [-0.25, -0.2) is 9.37 Å². The van der Waals surface area contributed by atoms with Crippen LogP contribution in [0.15, 0.2) is 47.2 Å². The summed E-state index contributed by atoms with van der Waals surface area (Å²) in [5.41, 5.74) is 8.24. The molecule has 0 saturated heterocycles. The first kappa shape index (κ1) is 12.0. The third-order valence-electron chi connectivity index (χ3n) is 2.87. The summed E-state index contributed by atoms with van der Waals surface area (Å²) in [5.74, 6) is 0.0781. The molecule has 0 radical (unpaired) electrons. The molecule has 3 rings (SSSR count). The monoisotopic (exact) mass is 317 g/mol. The largest absolute Gasteiger partial charge is 0.383 e. The van der Waals surface area contributed by atoms with Gasteiger partial charge < -0.3 is 5.73 Å². The number of nitrogens with zero attached hydrogens (tertiary/aromatic N) is 2. The molecule has 1 aromatic carbocycles. The van der Waals surface area contributed by atoms with Crippen molar-refractivity contribution >= 4 is 32.7 Å². The predicted octanol–water partition coefficient (Wildman–Crippen LogP) is 3.78. The molecule has 0 spiro atoms. The molecule has 2 N–H and O–H groups in total. The number of rotatable bonds is 1. The first-order valence-corrected chi connectivity index (χ1v) is 6.42. The summed E-state index contributed by atoms with van der Waals surface area (Å²) in [6.45, 7) is 0. The maximum Gasteiger partial charge on any atom is 0.134 e. The van der Waals surface area contributed by atoms with Crippen molar-refractivity contribution in [1.82, 2.24) is 9.97 Å². The minimum absolute atomic E-state index is 0.287. The smallest absolute Gasteiger partial charge is 0.134 e. The molecule has 94 valence electrons. The topological polar surface area (TPSA) is 51.8 Å². The van der Waals surface area contributed by atoms with Crippen LogP contribution in [-0.2, 0) is 0 Å². The van der Waals surface area contributed by atoms with Gasteiger partial charge in [-0.3, -0.25) is 4.98 Å². The number of hydrogen-bond donors (Lipinski definition) is 1. The molecule has 2 aromatic heterocycles. The lowest BCUT2D eigenvalue weighted by Crippen LogP contribution is -1.98. The molecule has 0 aliphatic rings. The highest BCUT2D eigenvalue weighted by molar-refractivity contribution is 9.10. The van der Waals surface area contributed by atoms with Gasteiger partial charge in [0.15, 0.2) is 0 Å². The molecule has 19 heavy (non-hydrogen) atoms. The predicted molar refractivity (Wildman–Crippen MR) is 77.0 cm³/mol. The molecule has 0 unspecified atom stereocenters. The van der Waals surface area contributed by atoms with Gasteiger partial charge in [-0.05, 0) is 45.8 Å². The second-order valence-electron chi connectivity index (χ2n) is 4.07. The molecular formula is C14H9BrFN3. The summed E-state index contributed by atoms with van der Waals surface area (Å²) in [7, 11) is 0. The maximum atomic E-state index is 13.0. The molecule has 5 heteroatoms. The van der Waals surface area contributed by atoms with E-state index in [4.69, 9.17) is 5.73 Å². The van der Waals surface area contributed by atoms with Crippen LogP contribution in [0.2, 0.25) is 0 Å². The van der Waals surface area contributed by atoms with Gasteiger partial charge in [-0.15, -0.1) is 0 Å². The van der Waals surface area contributed by atoms with E-state index in [2.05, 4.69) is 25.9 Å². The standard InChI is InChI=1S/C14H9BrFN3/c15-13-10-2-1-7-18-12(10)11(14(17)19-13)8-3-5-9(16)6-4-8/h1-7H,(H2,17,19). The zero-order chi connectivity index (χ0) is 13.4. The van der Waals surface area contributed by atoms with E-state index in [-0.39, 0.29) is 5.82 Å². The Hall–Kier alpha value is -2.01. The number of nitrogens with two attached hydrogens (primary N) is 1. The Kier molecular flexibility index (Phi) is 2.91. The summed E-state index contributed by atoms with van der Waals surface area (Å²) in [6, 6.07) is 9.87. The first-order valence-electron chi connectivity index (χ1n) is 5.62. The lowest BCUT2D eigenvalue weighted by Gasteiger charge is -2.10. The van der Waals surface area contributed by atoms with Crippen LogP contribution in [-0.4, -0.2) is 9.97 Å². The average Bonchev–Trinajstić information content (AvgIpc) is 2.41. The van der Waals surface area contributed by atoms with Crippen LogP contribution in [0.5, 0.6) is 0 Å². The molecule has 3 nitrogen and oxygen atoms in total. The van der Waals surface area contributed by atoms with E-state index in [0.717, 1.165) is 22.0 Å². The van der Waals surface area contributed by atoms with Gasteiger partial charge in [0, 0.05) is 11.6 Å². The molecule has 0 fully saturated rings. The van der Waals surface area contributed by atoms with E-state index in [0.29, 0.717) is 10.4 Å². The van der Waals surface area contributed by atoms with Gasteiger partial charge in [-0.1, -0.05) is 12.1 Å². The van der Waals surface area contributed by atoms with Crippen molar-refractivity contribution in [2.24, 2.45) is 0 Å². The molecule has 0 bridgehead atoms. The Labute approximate surface area is 117 Å². The van der Waals surface area contributed by atoms with E-state index >= 15 is 0 Å². The van der Waals surface area contributed by atoms with Crippen molar-refractivity contribution in [3.05, 3.63) is 53.0 Å². The van der Waals surface area contributed by atoms with Crippen molar-refractivity contribution in [3.63, 3.8) is 0 Å². The van der Waals surface area contributed by atoms with Crippen LogP contribution in [0.1, 0.15) is 0 Å². The summed E-state index contributed by atoms with van der Waals surface area (Å²) in [6.07, 6.45) is 1.70. The molecule has 0 saturated carbocycles. The molecule has 2 heterocycles. The highest BCUT2D eigenvalue weighted by atomic mass is 79.9. The van der Waals surface area contributed by atoms with E-state index in [1.54, 1.807) is 18.3 Å². The maximum absolute atomic E-state index is 13.0. The third-order valence-corrected chi connectivity index (χ3v) is 3.48. The van der Waals surface area contributed by atoms with E-state index in [9.17, 15) is 4.39 Å². The highest BCUT2D eigenvalue weighted by Crippen LogP contribution is 2.34. The Bertz CT molecular complexity index is 756. The van der Waals surface area contributed by atoms with Crippen LogP contribution >= 0.6 is 15.9 Å². The van der Waals surface area contributed by atoms with Gasteiger partial charge in [-0.2, -0.15) is 0 Å². The Morgan fingerprint density at radius 2 is 1.84 bits per heavy atom. The first-order chi connectivity index (χ1) is 9.16. The van der Waals surface area contributed by atoms with Gasteiger partial charge in [0.05, 0.1) is 11.1 Å². The number of aromatic nitrogens is 2. The van der Waals surface area contributed by atoms with Crippen molar-refractivity contribution < 1.29 is 4.39 Å².